The Hall–Kier alpha value is -1.12. The maximum absolute atomic E-state index is 11.3. The van der Waals surface area contributed by atoms with Gasteiger partial charge >= 0.3 is 0 Å². The molecule has 21 aliphatic rings. The molecule has 21 fully saturated rings. The molecular formula is C42H70O28. The molecule has 0 aromatic carbocycles. The Balaban J connectivity index is 1.02. The second kappa shape index (κ2) is 21.9. The third-order valence-electron chi connectivity index (χ3n) is 14.5. The summed E-state index contributed by atoms with van der Waals surface area (Å²) in [6.45, 7) is 9.99. The van der Waals surface area contributed by atoms with Crippen LogP contribution in [0.15, 0.2) is 0 Å². The summed E-state index contributed by atoms with van der Waals surface area (Å²) in [7, 11) is 0. The fourth-order valence-electron chi connectivity index (χ4n) is 10.2. The molecule has 0 radical (unpaired) electrons. The quantitative estimate of drug-likeness (QED) is 0.107. The highest BCUT2D eigenvalue weighted by atomic mass is 16.8. The van der Waals surface area contributed by atoms with E-state index < -0.39 is 215 Å². The molecule has 406 valence electrons. The van der Waals surface area contributed by atoms with Crippen molar-refractivity contribution in [2.75, 3.05) is 0 Å². The van der Waals surface area contributed by atoms with E-state index in [1.165, 1.54) is 48.5 Å². The highest BCUT2D eigenvalue weighted by Crippen LogP contribution is 2.38. The second-order valence-electron chi connectivity index (χ2n) is 19.5. The highest BCUT2D eigenvalue weighted by Gasteiger charge is 2.58. The van der Waals surface area contributed by atoms with Gasteiger partial charge in [0, 0.05) is 0 Å². The van der Waals surface area contributed by atoms with Crippen LogP contribution in [0.4, 0.5) is 0 Å². The number of hydrogen-bond donors (Lipinski definition) is 14. The minimum atomic E-state index is -1.89. The first-order chi connectivity index (χ1) is 32.9. The van der Waals surface area contributed by atoms with E-state index in [4.69, 9.17) is 66.3 Å². The van der Waals surface area contributed by atoms with Gasteiger partial charge in [0.1, 0.15) is 128 Å². The van der Waals surface area contributed by atoms with E-state index in [-0.39, 0.29) is 0 Å². The molecule has 28 heteroatoms. The molecular weight excluding hydrogens is 952 g/mol. The van der Waals surface area contributed by atoms with Crippen molar-refractivity contribution in [2.45, 2.75) is 263 Å². The normalized spacial score (nSPS) is 59.7. The van der Waals surface area contributed by atoms with E-state index >= 15 is 0 Å². The van der Waals surface area contributed by atoms with Gasteiger partial charge in [0.25, 0.3) is 0 Å². The molecule has 21 aliphatic heterocycles. The lowest BCUT2D eigenvalue weighted by Gasteiger charge is -2.49. The Labute approximate surface area is 400 Å². The lowest BCUT2D eigenvalue weighted by Crippen LogP contribution is -2.66. The van der Waals surface area contributed by atoms with Crippen LogP contribution < -0.4 is 0 Å². The minimum Gasteiger partial charge on any atom is -0.387 e. The maximum Gasteiger partial charge on any atom is 0.187 e. The molecule has 35 atom stereocenters. The smallest absolute Gasteiger partial charge is 0.187 e. The molecule has 0 unspecified atom stereocenters. The number of ether oxygens (including phenoxy) is 14. The number of hydrogen-bond acceptors (Lipinski definition) is 28. The largest absolute Gasteiger partial charge is 0.387 e. The predicted molar refractivity (Wildman–Crippen MR) is 219 cm³/mol. The SMILES string of the molecule is C[C@@H]1O[C@H]2O[C@@H]3[C@@H](O)[C@@H](O)[C@H](O[C@@H]4[C@@H](O)[C@@H](O)[C@H](O[C@@H]5[C@@H](O)[C@@H](O)[C@H](O[C@@H]6[C@@H](O)[C@@H](O)[C@H](O[C@@H]7[C@@H](O)[C@@H](O)[C@H](O[C@@H]8[C@@H](O)[C@@H](O)[C@H](O[C@@H]1[C@@H](O)[C@H]2O)O[C@H]8C)O[C@H]7C)O[C@H]6C)O[C@H]5C)O[C@H]4C)O[C@H]3C. The first kappa shape index (κ1) is 55.1. The van der Waals surface area contributed by atoms with Crippen LogP contribution >= 0.6 is 0 Å². The van der Waals surface area contributed by atoms with Crippen LogP contribution in [0.1, 0.15) is 48.5 Å². The van der Waals surface area contributed by atoms with Crippen LogP contribution in [0, 0.1) is 0 Å². The number of rotatable bonds is 0. The topological polar surface area (TPSA) is 412 Å². The first-order valence-corrected chi connectivity index (χ1v) is 23.6. The van der Waals surface area contributed by atoms with Gasteiger partial charge in [-0.15, -0.1) is 0 Å². The first-order valence-electron chi connectivity index (χ1n) is 23.6. The van der Waals surface area contributed by atoms with E-state index in [9.17, 15) is 71.5 Å². The summed E-state index contributed by atoms with van der Waals surface area (Å²) in [6, 6.07) is 0. The summed E-state index contributed by atoms with van der Waals surface area (Å²) in [5.74, 6) is 0. The molecule has 0 aliphatic carbocycles. The van der Waals surface area contributed by atoms with Crippen molar-refractivity contribution in [1.82, 2.24) is 0 Å². The van der Waals surface area contributed by atoms with E-state index in [1.807, 2.05) is 0 Å². The summed E-state index contributed by atoms with van der Waals surface area (Å²) in [5, 5.41) is 157. The number of aliphatic hydroxyl groups excluding tert-OH is 14. The van der Waals surface area contributed by atoms with Crippen molar-refractivity contribution >= 4 is 0 Å². The van der Waals surface area contributed by atoms with Gasteiger partial charge < -0.3 is 138 Å². The zero-order valence-electron chi connectivity index (χ0n) is 39.2. The van der Waals surface area contributed by atoms with Gasteiger partial charge in [0.15, 0.2) is 44.0 Å². The van der Waals surface area contributed by atoms with E-state index in [0.29, 0.717) is 0 Å². The fraction of sp³-hybridized carbons (Fsp3) is 1.00. The zero-order chi connectivity index (χ0) is 51.1. The lowest BCUT2D eigenvalue weighted by molar-refractivity contribution is -0.390. The zero-order valence-corrected chi connectivity index (χ0v) is 39.2. The molecule has 21 saturated heterocycles. The Morgan fingerprint density at radius 2 is 0.257 bits per heavy atom. The Morgan fingerprint density at radius 3 is 0.357 bits per heavy atom. The Kier molecular flexibility index (Phi) is 17.2. The molecule has 0 spiro atoms. The van der Waals surface area contributed by atoms with Crippen molar-refractivity contribution in [1.29, 1.82) is 0 Å². The molecule has 21 rings (SSSR count). The van der Waals surface area contributed by atoms with E-state index in [1.54, 1.807) is 0 Å². The standard InChI is InChI=1S/C42H70O28/c1-8-29-15(43)22(50)36(57-8)65-30-9(2)59-38(24(52)17(30)45)67-32-11(4)61-40(26(54)19(32)47)69-34-13(6)63-42(28(56)21(34)49)70-35-14(7)62-41(27(55)20(35)48)68-33-12(5)60-39(25(53)18(33)46)66-31-10(3)58-37(64-29)23(51)16(31)44/h8-56H,1-7H3/t8-,9-,10-,11-,12-,13-,14-,15-,16-,17-,18-,19-,20-,21-,22+,23+,24+,25+,26+,27+,28+,29-,30-,31-,32-,33-,34-,35-,36-,37-,38-,39-,40-,41-,42-/m0/s1. The fourth-order valence-corrected chi connectivity index (χ4v) is 10.2. The van der Waals surface area contributed by atoms with Gasteiger partial charge in [-0.25, -0.2) is 0 Å². The van der Waals surface area contributed by atoms with Gasteiger partial charge in [0.05, 0.1) is 42.7 Å². The maximum atomic E-state index is 11.3. The van der Waals surface area contributed by atoms with Gasteiger partial charge in [-0.3, -0.25) is 0 Å². The highest BCUT2D eigenvalue weighted by molar-refractivity contribution is 5.00. The monoisotopic (exact) mass is 1020 g/mol. The Morgan fingerprint density at radius 1 is 0.157 bits per heavy atom. The average molecular weight is 1020 g/mol. The summed E-state index contributed by atoms with van der Waals surface area (Å²) in [5.41, 5.74) is 0. The second-order valence-corrected chi connectivity index (χ2v) is 19.5. The van der Waals surface area contributed by atoms with Crippen molar-refractivity contribution in [3.8, 4) is 0 Å². The molecule has 0 amide bonds. The molecule has 0 aromatic heterocycles. The third-order valence-corrected chi connectivity index (χ3v) is 14.5. The van der Waals surface area contributed by atoms with E-state index in [2.05, 4.69) is 0 Å². The van der Waals surface area contributed by atoms with Crippen LogP contribution in [0.3, 0.4) is 0 Å². The van der Waals surface area contributed by atoms with Crippen molar-refractivity contribution < 1.29 is 138 Å². The molecule has 14 bridgehead atoms. The average Bonchev–Trinajstić information content (AvgIpc) is 3.31. The predicted octanol–water partition coefficient (Wildman–Crippen LogP) is -8.04. The molecule has 0 saturated carbocycles. The van der Waals surface area contributed by atoms with Gasteiger partial charge in [-0.05, 0) is 48.5 Å². The van der Waals surface area contributed by atoms with Crippen LogP contribution in [0.5, 0.6) is 0 Å². The van der Waals surface area contributed by atoms with Gasteiger partial charge in [-0.1, -0.05) is 0 Å². The molecule has 0 aromatic rings. The van der Waals surface area contributed by atoms with Gasteiger partial charge in [-0.2, -0.15) is 0 Å². The van der Waals surface area contributed by atoms with Crippen LogP contribution in [-0.4, -0.2) is 286 Å². The Bertz CT molecular complexity index is 1370. The van der Waals surface area contributed by atoms with Crippen LogP contribution in [0.2, 0.25) is 0 Å². The summed E-state index contributed by atoms with van der Waals surface area (Å²) < 4.78 is 82.0. The van der Waals surface area contributed by atoms with Gasteiger partial charge in [0.2, 0.25) is 0 Å². The van der Waals surface area contributed by atoms with Crippen LogP contribution in [0.25, 0.3) is 0 Å². The lowest BCUT2D eigenvalue weighted by atomic mass is 9.96. The van der Waals surface area contributed by atoms with Crippen molar-refractivity contribution in [2.24, 2.45) is 0 Å². The summed E-state index contributed by atoms with van der Waals surface area (Å²) in [4.78, 5) is 0. The molecule has 21 heterocycles. The summed E-state index contributed by atoms with van der Waals surface area (Å²) >= 11 is 0. The number of aliphatic hydroxyl groups is 14. The van der Waals surface area contributed by atoms with E-state index in [0.717, 1.165) is 0 Å². The minimum absolute atomic E-state index is 1.14. The molecule has 28 nitrogen and oxygen atoms in total. The van der Waals surface area contributed by atoms with Crippen LogP contribution in [-0.2, 0) is 66.3 Å². The molecule has 70 heavy (non-hydrogen) atoms. The van der Waals surface area contributed by atoms with Crippen molar-refractivity contribution in [3.63, 3.8) is 0 Å². The van der Waals surface area contributed by atoms with Crippen molar-refractivity contribution in [3.05, 3.63) is 0 Å². The molecule has 14 N–H and O–H groups in total. The summed E-state index contributed by atoms with van der Waals surface area (Å²) in [6.07, 6.45) is -55.6. The third kappa shape index (κ3) is 10.4.